The maximum absolute atomic E-state index is 13.3. The molecular weight excluding hydrogens is 408 g/mol. The highest BCUT2D eigenvalue weighted by Crippen LogP contribution is 2.32. The number of carbonyl (C=O) groups is 2. The van der Waals surface area contributed by atoms with E-state index in [2.05, 4.69) is 47.5 Å². The number of Topliss-reactive ketones (excluding diaryl/α,β-unsaturated/α-hetero) is 1. The van der Waals surface area contributed by atoms with E-state index in [0.717, 1.165) is 69.3 Å². The van der Waals surface area contributed by atoms with Crippen molar-refractivity contribution in [3.05, 3.63) is 70.8 Å². The van der Waals surface area contributed by atoms with Crippen LogP contribution in [-0.4, -0.2) is 42.8 Å². The summed E-state index contributed by atoms with van der Waals surface area (Å²) in [4.78, 5) is 28.5. The average Bonchev–Trinajstić information content (AvgIpc) is 2.87. The number of nitrogens with one attached hydrogen (secondary N) is 1. The molecule has 1 aliphatic carbocycles. The van der Waals surface area contributed by atoms with Crippen molar-refractivity contribution in [3.63, 3.8) is 0 Å². The van der Waals surface area contributed by atoms with E-state index in [9.17, 15) is 9.59 Å². The van der Waals surface area contributed by atoms with Gasteiger partial charge in [0, 0.05) is 23.6 Å². The van der Waals surface area contributed by atoms with Gasteiger partial charge in [-0.15, -0.1) is 0 Å². The van der Waals surface area contributed by atoms with Gasteiger partial charge in [0.15, 0.2) is 5.78 Å². The number of ketones is 1. The summed E-state index contributed by atoms with van der Waals surface area (Å²) < 4.78 is 0. The van der Waals surface area contributed by atoms with Crippen LogP contribution in [0, 0.1) is 5.92 Å². The lowest BCUT2D eigenvalue weighted by molar-refractivity contribution is 0.0877. The Hall–Kier alpha value is -2.46. The summed E-state index contributed by atoms with van der Waals surface area (Å²) in [5.41, 5.74) is 3.88. The van der Waals surface area contributed by atoms with Crippen molar-refractivity contribution < 1.29 is 9.59 Å². The van der Waals surface area contributed by atoms with E-state index in [1.807, 2.05) is 18.2 Å². The smallest absolute Gasteiger partial charge is 0.251 e. The number of nitrogens with zero attached hydrogens (tertiary/aromatic N) is 1. The van der Waals surface area contributed by atoms with Crippen LogP contribution in [0.4, 0.5) is 0 Å². The van der Waals surface area contributed by atoms with E-state index in [4.69, 9.17) is 0 Å². The molecule has 0 saturated carbocycles. The van der Waals surface area contributed by atoms with E-state index in [-0.39, 0.29) is 17.6 Å². The quantitative estimate of drug-likeness (QED) is 0.509. The number of unbranched alkanes of at least 4 members (excludes halogenated alkanes) is 2. The molecule has 4 nitrogen and oxygen atoms in total. The van der Waals surface area contributed by atoms with Crippen LogP contribution in [0.1, 0.15) is 89.6 Å². The van der Waals surface area contributed by atoms with Gasteiger partial charge in [-0.05, 0) is 81.3 Å². The van der Waals surface area contributed by atoms with E-state index in [0.29, 0.717) is 18.0 Å². The van der Waals surface area contributed by atoms with Crippen LogP contribution in [0.25, 0.3) is 0 Å². The van der Waals surface area contributed by atoms with Crippen molar-refractivity contribution in [1.82, 2.24) is 10.2 Å². The molecule has 1 aliphatic heterocycles. The lowest BCUT2D eigenvalue weighted by Gasteiger charge is -2.33. The molecule has 0 aromatic heterocycles. The SMILES string of the molecule is CCCCCNC(=O)c1cccc2c1CCC(CCN1CCC(c3ccccc3)CC1)C2=O. The minimum Gasteiger partial charge on any atom is -0.352 e. The standard InChI is InChI=1S/C29H38N2O2/c1-2-3-7-18-30-29(33)27-12-8-11-26-25(27)14-13-24(28(26)32)17-21-31-19-15-23(16-20-31)22-9-5-4-6-10-22/h4-6,8-12,23-24H,2-3,7,13-21H2,1H3,(H,30,33). The zero-order chi connectivity index (χ0) is 23.0. The third kappa shape index (κ3) is 5.92. The molecule has 1 unspecified atom stereocenters. The lowest BCUT2D eigenvalue weighted by Crippen LogP contribution is -2.36. The second kappa shape index (κ2) is 11.6. The molecule has 2 aliphatic rings. The molecule has 176 valence electrons. The highest BCUT2D eigenvalue weighted by molar-refractivity contribution is 6.04. The van der Waals surface area contributed by atoms with Crippen molar-refractivity contribution >= 4 is 11.7 Å². The van der Waals surface area contributed by atoms with Crippen LogP contribution in [0.3, 0.4) is 0 Å². The van der Waals surface area contributed by atoms with Crippen LogP contribution in [0.15, 0.2) is 48.5 Å². The van der Waals surface area contributed by atoms with Gasteiger partial charge in [0.25, 0.3) is 5.91 Å². The second-order valence-electron chi connectivity index (χ2n) is 9.71. The predicted octanol–water partition coefficient (Wildman–Crippen LogP) is 5.62. The van der Waals surface area contributed by atoms with Gasteiger partial charge in [-0.2, -0.15) is 0 Å². The zero-order valence-corrected chi connectivity index (χ0v) is 20.0. The van der Waals surface area contributed by atoms with Crippen molar-refractivity contribution in [2.45, 2.75) is 64.2 Å². The number of hydrogen-bond acceptors (Lipinski definition) is 3. The molecule has 0 bridgehead atoms. The Balaban J connectivity index is 1.29. The Kier molecular flexibility index (Phi) is 8.33. The maximum Gasteiger partial charge on any atom is 0.251 e. The molecule has 1 saturated heterocycles. The minimum atomic E-state index is -0.0320. The molecule has 1 atom stereocenters. The Morgan fingerprint density at radius 3 is 2.55 bits per heavy atom. The maximum atomic E-state index is 13.3. The Bertz CT molecular complexity index is 932. The number of rotatable bonds is 9. The number of benzene rings is 2. The summed E-state index contributed by atoms with van der Waals surface area (Å²) in [5, 5.41) is 3.04. The Morgan fingerprint density at radius 2 is 1.79 bits per heavy atom. The molecule has 4 heteroatoms. The van der Waals surface area contributed by atoms with Crippen LogP contribution in [0.5, 0.6) is 0 Å². The molecular formula is C29H38N2O2. The van der Waals surface area contributed by atoms with Crippen molar-refractivity contribution in [2.75, 3.05) is 26.2 Å². The summed E-state index contributed by atoms with van der Waals surface area (Å²) >= 11 is 0. The molecule has 1 fully saturated rings. The first-order valence-corrected chi connectivity index (χ1v) is 12.9. The molecule has 2 aromatic carbocycles. The number of carbonyl (C=O) groups excluding carboxylic acids is 2. The third-order valence-corrected chi connectivity index (χ3v) is 7.52. The molecule has 1 amide bonds. The lowest BCUT2D eigenvalue weighted by atomic mass is 9.79. The number of amides is 1. The van der Waals surface area contributed by atoms with Crippen molar-refractivity contribution in [3.8, 4) is 0 Å². The summed E-state index contributed by atoms with van der Waals surface area (Å²) in [6.45, 7) is 6.07. The summed E-state index contributed by atoms with van der Waals surface area (Å²) in [6, 6.07) is 16.5. The molecule has 1 N–H and O–H groups in total. The largest absolute Gasteiger partial charge is 0.352 e. The van der Waals surface area contributed by atoms with Crippen LogP contribution in [0.2, 0.25) is 0 Å². The molecule has 1 heterocycles. The fourth-order valence-electron chi connectivity index (χ4n) is 5.47. The predicted molar refractivity (Wildman–Crippen MR) is 134 cm³/mol. The van der Waals surface area contributed by atoms with Crippen molar-refractivity contribution in [2.24, 2.45) is 5.92 Å². The van der Waals surface area contributed by atoms with Gasteiger partial charge < -0.3 is 10.2 Å². The second-order valence-corrected chi connectivity index (χ2v) is 9.71. The van der Waals surface area contributed by atoms with Gasteiger partial charge in [0.1, 0.15) is 0 Å². The van der Waals surface area contributed by atoms with E-state index >= 15 is 0 Å². The van der Waals surface area contributed by atoms with E-state index in [1.165, 1.54) is 18.4 Å². The van der Waals surface area contributed by atoms with Gasteiger partial charge in [-0.3, -0.25) is 9.59 Å². The van der Waals surface area contributed by atoms with Gasteiger partial charge in [-0.25, -0.2) is 0 Å². The third-order valence-electron chi connectivity index (χ3n) is 7.52. The van der Waals surface area contributed by atoms with Gasteiger partial charge in [0.05, 0.1) is 0 Å². The average molecular weight is 447 g/mol. The summed E-state index contributed by atoms with van der Waals surface area (Å²) in [5.74, 6) is 0.941. The van der Waals surface area contributed by atoms with Crippen LogP contribution < -0.4 is 5.32 Å². The molecule has 33 heavy (non-hydrogen) atoms. The van der Waals surface area contributed by atoms with Gasteiger partial charge in [-0.1, -0.05) is 62.2 Å². The van der Waals surface area contributed by atoms with Crippen LogP contribution in [-0.2, 0) is 6.42 Å². The molecule has 4 rings (SSSR count). The molecule has 0 radical (unpaired) electrons. The topological polar surface area (TPSA) is 49.4 Å². The number of piperidine rings is 1. The monoisotopic (exact) mass is 446 g/mol. The first kappa shape index (κ1) is 23.7. The Morgan fingerprint density at radius 1 is 1.00 bits per heavy atom. The Labute approximate surface area is 198 Å². The minimum absolute atomic E-state index is 0.0320. The summed E-state index contributed by atoms with van der Waals surface area (Å²) in [7, 11) is 0. The fraction of sp³-hybridized carbons (Fsp3) is 0.517. The number of likely N-dealkylation sites (tertiary alicyclic amines) is 1. The highest BCUT2D eigenvalue weighted by atomic mass is 16.1. The number of hydrogen-bond donors (Lipinski definition) is 1. The first-order valence-electron chi connectivity index (χ1n) is 12.9. The highest BCUT2D eigenvalue weighted by Gasteiger charge is 2.30. The van der Waals surface area contributed by atoms with E-state index in [1.54, 1.807) is 0 Å². The normalized spacial score (nSPS) is 19.3. The molecule has 0 spiro atoms. The number of fused-ring (bicyclic) bond motifs is 1. The first-order chi connectivity index (χ1) is 16.2. The van der Waals surface area contributed by atoms with Crippen LogP contribution >= 0.6 is 0 Å². The van der Waals surface area contributed by atoms with Gasteiger partial charge >= 0.3 is 0 Å². The molecule has 2 aromatic rings. The zero-order valence-electron chi connectivity index (χ0n) is 20.0. The fourth-order valence-corrected chi connectivity index (χ4v) is 5.47. The summed E-state index contributed by atoms with van der Waals surface area (Å²) in [6.07, 6.45) is 8.24. The van der Waals surface area contributed by atoms with E-state index < -0.39 is 0 Å². The van der Waals surface area contributed by atoms with Gasteiger partial charge in [0.2, 0.25) is 0 Å². The van der Waals surface area contributed by atoms with Crippen molar-refractivity contribution in [1.29, 1.82) is 0 Å².